The molecule has 0 bridgehead atoms. The van der Waals surface area contributed by atoms with Crippen LogP contribution in [0.4, 0.5) is 0 Å². The third kappa shape index (κ3) is 4.48. The van der Waals surface area contributed by atoms with Crippen LogP contribution in [0.25, 0.3) is 0 Å². The van der Waals surface area contributed by atoms with E-state index in [1.54, 1.807) is 0 Å². The normalized spacial score (nSPS) is 27.2. The summed E-state index contributed by atoms with van der Waals surface area (Å²) in [5.41, 5.74) is 2.92. The molecule has 1 aromatic carbocycles. The standard InChI is InChI=1S/C22H33NO3/c1-18-4-2-3-5-20(18)15-23-10-8-22(9-11-23)14-21(17-26-22)25-16-19-6-12-24-13-7-19/h2-5,19,21H,6-17H2,1H3/t21-/m0/s1. The highest BCUT2D eigenvalue weighted by Gasteiger charge is 2.43. The van der Waals surface area contributed by atoms with Crippen LogP contribution < -0.4 is 0 Å². The van der Waals surface area contributed by atoms with Crippen LogP contribution >= 0.6 is 0 Å². The van der Waals surface area contributed by atoms with Crippen molar-refractivity contribution in [3.8, 4) is 0 Å². The maximum Gasteiger partial charge on any atom is 0.0836 e. The maximum atomic E-state index is 6.28. The first-order valence-corrected chi connectivity index (χ1v) is 10.3. The number of likely N-dealkylation sites (tertiary alicyclic amines) is 1. The maximum absolute atomic E-state index is 6.28. The van der Waals surface area contributed by atoms with E-state index < -0.39 is 0 Å². The average Bonchev–Trinajstić information content (AvgIpc) is 3.08. The average molecular weight is 360 g/mol. The Balaban J connectivity index is 1.22. The number of ether oxygens (including phenoxy) is 3. The molecule has 26 heavy (non-hydrogen) atoms. The summed E-state index contributed by atoms with van der Waals surface area (Å²) >= 11 is 0. The van der Waals surface area contributed by atoms with E-state index in [1.165, 1.54) is 11.1 Å². The molecule has 0 unspecified atom stereocenters. The molecule has 3 aliphatic heterocycles. The van der Waals surface area contributed by atoms with E-state index in [2.05, 4.69) is 36.1 Å². The minimum absolute atomic E-state index is 0.0720. The Kier molecular flexibility index (Phi) is 5.94. The van der Waals surface area contributed by atoms with E-state index in [0.29, 0.717) is 12.0 Å². The van der Waals surface area contributed by atoms with Gasteiger partial charge in [0.2, 0.25) is 0 Å². The molecule has 3 saturated heterocycles. The summed E-state index contributed by atoms with van der Waals surface area (Å²) < 4.78 is 17.9. The fourth-order valence-electron chi connectivity index (χ4n) is 4.59. The predicted molar refractivity (Wildman–Crippen MR) is 102 cm³/mol. The van der Waals surface area contributed by atoms with E-state index in [-0.39, 0.29) is 5.60 Å². The van der Waals surface area contributed by atoms with Crippen molar-refractivity contribution in [2.45, 2.75) is 57.3 Å². The van der Waals surface area contributed by atoms with Gasteiger partial charge in [0.25, 0.3) is 0 Å². The molecule has 1 atom stereocenters. The second kappa shape index (κ2) is 8.39. The minimum Gasteiger partial charge on any atom is -0.381 e. The topological polar surface area (TPSA) is 30.9 Å². The summed E-state index contributed by atoms with van der Waals surface area (Å²) in [5, 5.41) is 0. The van der Waals surface area contributed by atoms with Crippen molar-refractivity contribution in [1.29, 1.82) is 0 Å². The third-order valence-corrected chi connectivity index (χ3v) is 6.51. The third-order valence-electron chi connectivity index (χ3n) is 6.51. The van der Waals surface area contributed by atoms with Gasteiger partial charge < -0.3 is 14.2 Å². The lowest BCUT2D eigenvalue weighted by molar-refractivity contribution is -0.0479. The van der Waals surface area contributed by atoms with Crippen molar-refractivity contribution in [3.63, 3.8) is 0 Å². The van der Waals surface area contributed by atoms with Gasteiger partial charge in [0.05, 0.1) is 24.9 Å². The molecule has 0 N–H and O–H groups in total. The number of aryl methyl sites for hydroxylation is 1. The van der Waals surface area contributed by atoms with Crippen LogP contribution in [-0.2, 0) is 20.8 Å². The van der Waals surface area contributed by atoms with Crippen LogP contribution in [0.1, 0.15) is 43.2 Å². The van der Waals surface area contributed by atoms with Gasteiger partial charge in [-0.05, 0) is 49.7 Å². The molecule has 3 fully saturated rings. The molecule has 3 aliphatic rings. The van der Waals surface area contributed by atoms with Gasteiger partial charge in [-0.25, -0.2) is 0 Å². The quantitative estimate of drug-likeness (QED) is 0.804. The van der Waals surface area contributed by atoms with Crippen LogP contribution in [0.5, 0.6) is 0 Å². The molecule has 4 nitrogen and oxygen atoms in total. The van der Waals surface area contributed by atoms with Gasteiger partial charge in [-0.3, -0.25) is 4.90 Å². The summed E-state index contributed by atoms with van der Waals surface area (Å²) in [6.45, 7) is 8.98. The van der Waals surface area contributed by atoms with Crippen molar-refractivity contribution in [2.24, 2.45) is 5.92 Å². The van der Waals surface area contributed by atoms with Crippen LogP contribution in [0.2, 0.25) is 0 Å². The van der Waals surface area contributed by atoms with Gasteiger partial charge in [0.1, 0.15) is 0 Å². The number of rotatable bonds is 5. The second-order valence-corrected chi connectivity index (χ2v) is 8.41. The summed E-state index contributed by atoms with van der Waals surface area (Å²) in [6, 6.07) is 8.73. The van der Waals surface area contributed by atoms with Gasteiger partial charge in [0, 0.05) is 39.3 Å². The monoisotopic (exact) mass is 359 g/mol. The zero-order valence-electron chi connectivity index (χ0n) is 16.1. The molecule has 3 heterocycles. The van der Waals surface area contributed by atoms with E-state index in [0.717, 1.165) is 78.2 Å². The van der Waals surface area contributed by atoms with Crippen molar-refractivity contribution < 1.29 is 14.2 Å². The van der Waals surface area contributed by atoms with E-state index >= 15 is 0 Å². The van der Waals surface area contributed by atoms with Crippen molar-refractivity contribution >= 4 is 0 Å². The van der Waals surface area contributed by atoms with Crippen LogP contribution in [-0.4, -0.2) is 56.1 Å². The fraction of sp³-hybridized carbons (Fsp3) is 0.727. The number of nitrogens with zero attached hydrogens (tertiary/aromatic N) is 1. The Labute approximate surface area is 157 Å². The Hall–Kier alpha value is -0.940. The lowest BCUT2D eigenvalue weighted by atomic mass is 9.87. The lowest BCUT2D eigenvalue weighted by Crippen LogP contribution is -2.44. The zero-order valence-corrected chi connectivity index (χ0v) is 16.1. The molecular formula is C22H33NO3. The largest absolute Gasteiger partial charge is 0.381 e. The molecule has 144 valence electrons. The number of piperidine rings is 1. The molecule has 0 amide bonds. The summed E-state index contributed by atoms with van der Waals surface area (Å²) in [6.07, 6.45) is 5.93. The molecule has 0 aromatic heterocycles. The minimum atomic E-state index is 0.0720. The summed E-state index contributed by atoms with van der Waals surface area (Å²) in [4.78, 5) is 2.58. The molecule has 4 heteroatoms. The van der Waals surface area contributed by atoms with Gasteiger partial charge in [-0.2, -0.15) is 0 Å². The molecule has 0 aliphatic carbocycles. The first kappa shape index (κ1) is 18.4. The Bertz CT molecular complexity index is 577. The van der Waals surface area contributed by atoms with Crippen LogP contribution in [0.3, 0.4) is 0 Å². The van der Waals surface area contributed by atoms with Crippen molar-refractivity contribution in [3.05, 3.63) is 35.4 Å². The highest BCUT2D eigenvalue weighted by molar-refractivity contribution is 5.25. The smallest absolute Gasteiger partial charge is 0.0836 e. The lowest BCUT2D eigenvalue weighted by Gasteiger charge is -2.38. The van der Waals surface area contributed by atoms with Gasteiger partial charge in [-0.1, -0.05) is 24.3 Å². The number of hydrogen-bond acceptors (Lipinski definition) is 4. The zero-order chi connectivity index (χ0) is 17.8. The van der Waals surface area contributed by atoms with E-state index in [9.17, 15) is 0 Å². The van der Waals surface area contributed by atoms with Crippen LogP contribution in [0, 0.1) is 12.8 Å². The van der Waals surface area contributed by atoms with E-state index in [4.69, 9.17) is 14.2 Å². The number of hydrogen-bond donors (Lipinski definition) is 0. The van der Waals surface area contributed by atoms with E-state index in [1.807, 2.05) is 0 Å². The fourth-order valence-corrected chi connectivity index (χ4v) is 4.59. The molecule has 0 radical (unpaired) electrons. The first-order chi connectivity index (χ1) is 12.7. The van der Waals surface area contributed by atoms with Crippen molar-refractivity contribution in [1.82, 2.24) is 4.90 Å². The Morgan fingerprint density at radius 1 is 1.15 bits per heavy atom. The molecule has 1 aromatic rings. The molecular weight excluding hydrogens is 326 g/mol. The summed E-state index contributed by atoms with van der Waals surface area (Å²) in [7, 11) is 0. The first-order valence-electron chi connectivity index (χ1n) is 10.3. The Morgan fingerprint density at radius 2 is 1.92 bits per heavy atom. The second-order valence-electron chi connectivity index (χ2n) is 8.41. The highest BCUT2D eigenvalue weighted by Crippen LogP contribution is 2.37. The molecule has 1 spiro atoms. The molecule has 4 rings (SSSR count). The van der Waals surface area contributed by atoms with Crippen molar-refractivity contribution in [2.75, 3.05) is 39.5 Å². The summed E-state index contributed by atoms with van der Waals surface area (Å²) in [5.74, 6) is 0.677. The Morgan fingerprint density at radius 3 is 2.69 bits per heavy atom. The molecule has 0 saturated carbocycles. The highest BCUT2D eigenvalue weighted by atomic mass is 16.6. The van der Waals surface area contributed by atoms with Gasteiger partial charge in [-0.15, -0.1) is 0 Å². The SMILES string of the molecule is Cc1ccccc1CN1CCC2(CC1)C[C@H](OCC1CCOCC1)CO2. The predicted octanol–water partition coefficient (Wildman–Crippen LogP) is 3.56. The van der Waals surface area contributed by atoms with Crippen LogP contribution in [0.15, 0.2) is 24.3 Å². The van der Waals surface area contributed by atoms with Gasteiger partial charge in [0.15, 0.2) is 0 Å². The number of benzene rings is 1. The van der Waals surface area contributed by atoms with Gasteiger partial charge >= 0.3 is 0 Å².